The summed E-state index contributed by atoms with van der Waals surface area (Å²) < 4.78 is 5.80. The normalized spacial score (nSPS) is 12.7. The summed E-state index contributed by atoms with van der Waals surface area (Å²) in [7, 11) is 0. The van der Waals surface area contributed by atoms with Crippen molar-refractivity contribution in [1.29, 1.82) is 0 Å². The third kappa shape index (κ3) is 7.57. The molecule has 1 aromatic rings. The lowest BCUT2D eigenvalue weighted by Gasteiger charge is -2.10. The second kappa shape index (κ2) is 9.85. The van der Waals surface area contributed by atoms with Gasteiger partial charge in [-0.05, 0) is 55.2 Å². The molecule has 1 atom stereocenters. The molecule has 20 heavy (non-hydrogen) atoms. The van der Waals surface area contributed by atoms with E-state index < -0.39 is 0 Å². The Balaban J connectivity index is 2.18. The number of unbranched alkanes of at least 4 members (excludes halogenated alkanes) is 1. The van der Waals surface area contributed by atoms with Crippen molar-refractivity contribution in [2.45, 2.75) is 66.2 Å². The van der Waals surface area contributed by atoms with E-state index in [9.17, 15) is 0 Å². The van der Waals surface area contributed by atoms with E-state index in [4.69, 9.17) is 4.74 Å². The first kappa shape index (κ1) is 17.1. The number of hydrogen-bond acceptors (Lipinski definition) is 1. The molecule has 0 saturated carbocycles. The van der Waals surface area contributed by atoms with Gasteiger partial charge >= 0.3 is 0 Å². The van der Waals surface area contributed by atoms with Crippen LogP contribution in [0.1, 0.15) is 65.4 Å². The van der Waals surface area contributed by atoms with Gasteiger partial charge in [-0.15, -0.1) is 0 Å². The van der Waals surface area contributed by atoms with Crippen LogP contribution in [-0.2, 0) is 6.42 Å². The molecule has 0 heterocycles. The van der Waals surface area contributed by atoms with E-state index in [1.165, 1.54) is 44.1 Å². The molecule has 0 radical (unpaired) electrons. The summed E-state index contributed by atoms with van der Waals surface area (Å²) in [5.74, 6) is 2.65. The molecule has 0 amide bonds. The van der Waals surface area contributed by atoms with Gasteiger partial charge in [0, 0.05) is 0 Å². The van der Waals surface area contributed by atoms with Gasteiger partial charge in [0.25, 0.3) is 0 Å². The molecule has 114 valence electrons. The number of hydrogen-bond donors (Lipinski definition) is 0. The lowest BCUT2D eigenvalue weighted by molar-refractivity contribution is 0.299. The van der Waals surface area contributed by atoms with Gasteiger partial charge < -0.3 is 4.74 Å². The number of ether oxygens (including phenoxy) is 1. The highest BCUT2D eigenvalue weighted by Crippen LogP contribution is 2.16. The molecule has 1 heteroatoms. The number of aryl methyl sites for hydroxylation is 1. The molecule has 0 aromatic heterocycles. The SMILES string of the molecule is CCC(C)CCCCOc1ccc(CCC(C)C)cc1. The topological polar surface area (TPSA) is 9.23 Å². The van der Waals surface area contributed by atoms with Gasteiger partial charge in [0.15, 0.2) is 0 Å². The van der Waals surface area contributed by atoms with Crippen LogP contribution in [-0.4, -0.2) is 6.61 Å². The van der Waals surface area contributed by atoms with Gasteiger partial charge in [-0.1, -0.05) is 52.7 Å². The Morgan fingerprint density at radius 2 is 1.65 bits per heavy atom. The Labute approximate surface area is 125 Å². The third-order valence-electron chi connectivity index (χ3n) is 3.99. The number of rotatable bonds is 10. The predicted molar refractivity (Wildman–Crippen MR) is 88.4 cm³/mol. The van der Waals surface area contributed by atoms with Crippen LogP contribution in [0.15, 0.2) is 24.3 Å². The van der Waals surface area contributed by atoms with E-state index >= 15 is 0 Å². The molecular formula is C19H32O. The summed E-state index contributed by atoms with van der Waals surface area (Å²) in [5, 5.41) is 0. The second-order valence-corrected chi connectivity index (χ2v) is 6.43. The average molecular weight is 276 g/mol. The molecule has 0 aliphatic rings. The summed E-state index contributed by atoms with van der Waals surface area (Å²) in [6.07, 6.45) is 7.50. The monoisotopic (exact) mass is 276 g/mol. The summed E-state index contributed by atoms with van der Waals surface area (Å²) >= 11 is 0. The zero-order valence-electron chi connectivity index (χ0n) is 13.8. The maximum absolute atomic E-state index is 5.80. The molecule has 1 nitrogen and oxygen atoms in total. The van der Waals surface area contributed by atoms with Crippen molar-refractivity contribution in [3.05, 3.63) is 29.8 Å². The Kier molecular flexibility index (Phi) is 8.41. The molecule has 1 aromatic carbocycles. The quantitative estimate of drug-likeness (QED) is 0.485. The fraction of sp³-hybridized carbons (Fsp3) is 0.684. The average Bonchev–Trinajstić information content (AvgIpc) is 2.45. The number of benzene rings is 1. The Bertz CT molecular complexity index is 339. The standard InChI is InChI=1S/C19H32O/c1-5-17(4)8-6-7-15-20-19-13-11-18(12-14-19)10-9-16(2)3/h11-14,16-17H,5-10,15H2,1-4H3. The third-order valence-corrected chi connectivity index (χ3v) is 3.99. The van der Waals surface area contributed by atoms with Gasteiger partial charge in [0.2, 0.25) is 0 Å². The van der Waals surface area contributed by atoms with Gasteiger partial charge in [0.05, 0.1) is 6.61 Å². The van der Waals surface area contributed by atoms with Crippen LogP contribution < -0.4 is 4.74 Å². The van der Waals surface area contributed by atoms with Crippen LogP contribution in [0.3, 0.4) is 0 Å². The molecule has 0 bridgehead atoms. The van der Waals surface area contributed by atoms with E-state index in [1.807, 2.05) is 0 Å². The van der Waals surface area contributed by atoms with Crippen LogP contribution in [0.5, 0.6) is 5.75 Å². The molecule has 1 rings (SSSR count). The first-order valence-corrected chi connectivity index (χ1v) is 8.33. The van der Waals surface area contributed by atoms with E-state index in [1.54, 1.807) is 0 Å². The van der Waals surface area contributed by atoms with Crippen molar-refractivity contribution in [2.24, 2.45) is 11.8 Å². The predicted octanol–water partition coefficient (Wildman–Crippen LogP) is 5.87. The molecule has 0 spiro atoms. The fourth-order valence-corrected chi connectivity index (χ4v) is 2.20. The molecule has 0 aliphatic carbocycles. The van der Waals surface area contributed by atoms with Crippen LogP contribution in [0, 0.1) is 11.8 Å². The Morgan fingerprint density at radius 1 is 0.950 bits per heavy atom. The smallest absolute Gasteiger partial charge is 0.119 e. The molecule has 0 aliphatic heterocycles. The summed E-state index contributed by atoms with van der Waals surface area (Å²) in [6.45, 7) is 9.99. The van der Waals surface area contributed by atoms with E-state index in [0.29, 0.717) is 0 Å². The first-order chi connectivity index (χ1) is 9.61. The largest absolute Gasteiger partial charge is 0.494 e. The fourth-order valence-electron chi connectivity index (χ4n) is 2.20. The Hall–Kier alpha value is -0.980. The minimum Gasteiger partial charge on any atom is -0.494 e. The maximum atomic E-state index is 5.80. The minimum absolute atomic E-state index is 0.774. The maximum Gasteiger partial charge on any atom is 0.119 e. The second-order valence-electron chi connectivity index (χ2n) is 6.43. The molecule has 0 fully saturated rings. The van der Waals surface area contributed by atoms with E-state index in [2.05, 4.69) is 52.0 Å². The van der Waals surface area contributed by atoms with Gasteiger partial charge in [-0.2, -0.15) is 0 Å². The van der Waals surface area contributed by atoms with Crippen LogP contribution >= 0.6 is 0 Å². The first-order valence-electron chi connectivity index (χ1n) is 8.33. The highest BCUT2D eigenvalue weighted by atomic mass is 16.5. The van der Waals surface area contributed by atoms with Crippen molar-refractivity contribution >= 4 is 0 Å². The minimum atomic E-state index is 0.774. The van der Waals surface area contributed by atoms with Crippen molar-refractivity contribution < 1.29 is 4.74 Å². The highest BCUT2D eigenvalue weighted by molar-refractivity contribution is 5.27. The van der Waals surface area contributed by atoms with Crippen LogP contribution in [0.25, 0.3) is 0 Å². The van der Waals surface area contributed by atoms with Crippen molar-refractivity contribution in [3.8, 4) is 5.75 Å². The van der Waals surface area contributed by atoms with E-state index in [0.717, 1.165) is 24.2 Å². The van der Waals surface area contributed by atoms with Crippen molar-refractivity contribution in [3.63, 3.8) is 0 Å². The van der Waals surface area contributed by atoms with Crippen LogP contribution in [0.2, 0.25) is 0 Å². The van der Waals surface area contributed by atoms with Gasteiger partial charge in [0.1, 0.15) is 5.75 Å². The summed E-state index contributed by atoms with van der Waals surface area (Å²) in [6, 6.07) is 8.64. The molecule has 0 N–H and O–H groups in total. The van der Waals surface area contributed by atoms with E-state index in [-0.39, 0.29) is 0 Å². The lowest BCUT2D eigenvalue weighted by Crippen LogP contribution is -1.99. The zero-order valence-corrected chi connectivity index (χ0v) is 13.8. The Morgan fingerprint density at radius 3 is 2.25 bits per heavy atom. The summed E-state index contributed by atoms with van der Waals surface area (Å²) in [5.41, 5.74) is 1.42. The van der Waals surface area contributed by atoms with Gasteiger partial charge in [-0.25, -0.2) is 0 Å². The van der Waals surface area contributed by atoms with Crippen LogP contribution in [0.4, 0.5) is 0 Å². The van der Waals surface area contributed by atoms with Crippen molar-refractivity contribution in [1.82, 2.24) is 0 Å². The lowest BCUT2D eigenvalue weighted by atomic mass is 10.0. The van der Waals surface area contributed by atoms with Crippen molar-refractivity contribution in [2.75, 3.05) is 6.61 Å². The molecular weight excluding hydrogens is 244 g/mol. The molecule has 0 saturated heterocycles. The molecule has 1 unspecified atom stereocenters. The highest BCUT2D eigenvalue weighted by Gasteiger charge is 2.00. The zero-order chi connectivity index (χ0) is 14.8. The summed E-state index contributed by atoms with van der Waals surface area (Å²) in [4.78, 5) is 0. The van der Waals surface area contributed by atoms with Gasteiger partial charge in [-0.3, -0.25) is 0 Å².